The van der Waals surface area contributed by atoms with Gasteiger partial charge < -0.3 is 9.84 Å². The lowest BCUT2D eigenvalue weighted by Crippen LogP contribution is -2.04. The van der Waals surface area contributed by atoms with E-state index in [-0.39, 0.29) is 18.9 Å². The molecule has 0 amide bonds. The molecule has 1 aromatic carbocycles. The minimum atomic E-state index is -0.865. The number of carboxylic acid groups (broad SMARTS) is 1. The van der Waals surface area contributed by atoms with Crippen molar-refractivity contribution in [3.8, 4) is 29.9 Å². The Kier molecular flexibility index (Phi) is 5.35. The maximum Gasteiger partial charge on any atom is 0.304 e. The summed E-state index contributed by atoms with van der Waals surface area (Å²) >= 11 is 0. The first-order chi connectivity index (χ1) is 8.67. The van der Waals surface area contributed by atoms with Gasteiger partial charge in [0.1, 0.15) is 12.4 Å². The Morgan fingerprint density at radius 3 is 2.61 bits per heavy atom. The Morgan fingerprint density at radius 1 is 1.44 bits per heavy atom. The van der Waals surface area contributed by atoms with Crippen molar-refractivity contribution in [2.45, 2.75) is 19.3 Å². The first-order valence-electron chi connectivity index (χ1n) is 5.47. The van der Waals surface area contributed by atoms with Crippen LogP contribution in [0.25, 0.3) is 0 Å². The number of carbonyl (C=O) groups is 1. The molecular formula is C15H14O3. The lowest BCUT2D eigenvalue weighted by atomic mass is 9.96. The van der Waals surface area contributed by atoms with Crippen molar-refractivity contribution in [2.24, 2.45) is 0 Å². The molecule has 0 aromatic heterocycles. The third-order valence-corrected chi connectivity index (χ3v) is 2.30. The SMILES string of the molecule is C#CCOc1ccc(C(C#CC)CC(=O)O)cc1. The molecule has 0 bridgehead atoms. The molecule has 0 heterocycles. The summed E-state index contributed by atoms with van der Waals surface area (Å²) in [5.74, 6) is 7.52. The summed E-state index contributed by atoms with van der Waals surface area (Å²) < 4.78 is 5.24. The van der Waals surface area contributed by atoms with Crippen LogP contribution in [0.4, 0.5) is 0 Å². The average molecular weight is 242 g/mol. The van der Waals surface area contributed by atoms with Crippen LogP contribution in [0.5, 0.6) is 5.75 Å². The van der Waals surface area contributed by atoms with Crippen molar-refractivity contribution < 1.29 is 14.6 Å². The molecule has 0 aliphatic heterocycles. The van der Waals surface area contributed by atoms with Gasteiger partial charge in [-0.25, -0.2) is 0 Å². The van der Waals surface area contributed by atoms with E-state index in [0.717, 1.165) is 5.56 Å². The number of hydrogen-bond donors (Lipinski definition) is 1. The fourth-order valence-corrected chi connectivity index (χ4v) is 1.52. The fraction of sp³-hybridized carbons (Fsp3) is 0.267. The van der Waals surface area contributed by atoms with E-state index < -0.39 is 5.97 Å². The van der Waals surface area contributed by atoms with Crippen molar-refractivity contribution in [2.75, 3.05) is 6.61 Å². The third-order valence-electron chi connectivity index (χ3n) is 2.30. The van der Waals surface area contributed by atoms with Crippen LogP contribution in [0.2, 0.25) is 0 Å². The Bertz CT molecular complexity index is 497. The number of carboxylic acids is 1. The molecule has 0 fully saturated rings. The van der Waals surface area contributed by atoms with Gasteiger partial charge in [-0.2, -0.15) is 0 Å². The molecule has 0 spiro atoms. The van der Waals surface area contributed by atoms with Gasteiger partial charge in [0, 0.05) is 0 Å². The van der Waals surface area contributed by atoms with E-state index in [1.807, 2.05) is 12.1 Å². The monoisotopic (exact) mass is 242 g/mol. The molecule has 92 valence electrons. The van der Waals surface area contributed by atoms with Crippen LogP contribution in [0.3, 0.4) is 0 Å². The molecule has 1 N–H and O–H groups in total. The highest BCUT2D eigenvalue weighted by atomic mass is 16.5. The lowest BCUT2D eigenvalue weighted by molar-refractivity contribution is -0.137. The van der Waals surface area contributed by atoms with E-state index in [0.29, 0.717) is 5.75 Å². The van der Waals surface area contributed by atoms with Crippen LogP contribution < -0.4 is 4.74 Å². The Morgan fingerprint density at radius 2 is 2.11 bits per heavy atom. The summed E-state index contributed by atoms with van der Waals surface area (Å²) in [6.07, 6.45) is 5.08. The highest BCUT2D eigenvalue weighted by molar-refractivity contribution is 5.69. The van der Waals surface area contributed by atoms with E-state index in [2.05, 4.69) is 17.8 Å². The number of hydrogen-bond acceptors (Lipinski definition) is 2. The minimum absolute atomic E-state index is 0.00853. The molecule has 18 heavy (non-hydrogen) atoms. The van der Waals surface area contributed by atoms with Crippen LogP contribution in [-0.2, 0) is 4.79 Å². The fourth-order valence-electron chi connectivity index (χ4n) is 1.52. The zero-order valence-corrected chi connectivity index (χ0v) is 10.1. The standard InChI is InChI=1S/C15H14O3/c1-3-5-13(11-15(16)17)12-6-8-14(9-7-12)18-10-4-2/h2,6-9,13H,10-11H2,1H3,(H,16,17). The normalized spacial score (nSPS) is 10.7. The van der Waals surface area contributed by atoms with Gasteiger partial charge in [0.25, 0.3) is 0 Å². The van der Waals surface area contributed by atoms with Gasteiger partial charge in [-0.3, -0.25) is 4.79 Å². The van der Waals surface area contributed by atoms with E-state index in [1.54, 1.807) is 19.1 Å². The van der Waals surface area contributed by atoms with Gasteiger partial charge in [0.15, 0.2) is 0 Å². The number of ether oxygens (including phenoxy) is 1. The van der Waals surface area contributed by atoms with Crippen LogP contribution in [-0.4, -0.2) is 17.7 Å². The van der Waals surface area contributed by atoms with Gasteiger partial charge in [0.2, 0.25) is 0 Å². The van der Waals surface area contributed by atoms with Crippen molar-refractivity contribution >= 4 is 5.97 Å². The van der Waals surface area contributed by atoms with Gasteiger partial charge in [0.05, 0.1) is 12.3 Å². The maximum atomic E-state index is 10.8. The highest BCUT2D eigenvalue weighted by Gasteiger charge is 2.12. The number of terminal acetylenes is 1. The molecule has 3 heteroatoms. The first kappa shape index (κ1) is 13.7. The lowest BCUT2D eigenvalue weighted by Gasteiger charge is -2.09. The molecule has 0 radical (unpaired) electrons. The molecule has 0 aliphatic rings. The van der Waals surface area contributed by atoms with E-state index >= 15 is 0 Å². The van der Waals surface area contributed by atoms with Crippen LogP contribution in [0.1, 0.15) is 24.8 Å². The Labute approximate surface area is 107 Å². The molecular weight excluding hydrogens is 228 g/mol. The summed E-state index contributed by atoms with van der Waals surface area (Å²) in [5, 5.41) is 8.83. The average Bonchev–Trinajstić information content (AvgIpc) is 2.36. The summed E-state index contributed by atoms with van der Waals surface area (Å²) in [7, 11) is 0. The van der Waals surface area contributed by atoms with Crippen molar-refractivity contribution in [1.82, 2.24) is 0 Å². The highest BCUT2D eigenvalue weighted by Crippen LogP contribution is 2.22. The summed E-state index contributed by atoms with van der Waals surface area (Å²) in [4.78, 5) is 10.8. The van der Waals surface area contributed by atoms with Gasteiger partial charge in [-0.05, 0) is 24.6 Å². The third kappa shape index (κ3) is 4.23. The number of aliphatic carboxylic acids is 1. The predicted octanol–water partition coefficient (Wildman–Crippen LogP) is 2.28. The van der Waals surface area contributed by atoms with E-state index in [4.69, 9.17) is 16.3 Å². The molecule has 0 saturated carbocycles. The number of rotatable bonds is 5. The Hall–Kier alpha value is -2.39. The van der Waals surface area contributed by atoms with Gasteiger partial charge in [-0.1, -0.05) is 24.0 Å². The van der Waals surface area contributed by atoms with E-state index in [1.165, 1.54) is 0 Å². The van der Waals surface area contributed by atoms with Gasteiger partial charge in [-0.15, -0.1) is 12.3 Å². The second-order valence-electron chi connectivity index (χ2n) is 3.61. The summed E-state index contributed by atoms with van der Waals surface area (Å²) in [6.45, 7) is 1.91. The topological polar surface area (TPSA) is 46.5 Å². The predicted molar refractivity (Wildman–Crippen MR) is 69.2 cm³/mol. The van der Waals surface area contributed by atoms with Crippen LogP contribution >= 0.6 is 0 Å². The van der Waals surface area contributed by atoms with Crippen LogP contribution in [0.15, 0.2) is 24.3 Å². The molecule has 0 aliphatic carbocycles. The minimum Gasteiger partial charge on any atom is -0.481 e. The zero-order valence-electron chi connectivity index (χ0n) is 10.1. The second-order valence-corrected chi connectivity index (χ2v) is 3.61. The second kappa shape index (κ2) is 7.04. The molecule has 0 saturated heterocycles. The summed E-state index contributed by atoms with van der Waals surface area (Å²) in [5.41, 5.74) is 0.861. The van der Waals surface area contributed by atoms with Gasteiger partial charge >= 0.3 is 5.97 Å². The van der Waals surface area contributed by atoms with Crippen molar-refractivity contribution in [1.29, 1.82) is 0 Å². The largest absolute Gasteiger partial charge is 0.481 e. The van der Waals surface area contributed by atoms with Crippen molar-refractivity contribution in [3.05, 3.63) is 29.8 Å². The molecule has 1 aromatic rings. The van der Waals surface area contributed by atoms with Crippen molar-refractivity contribution in [3.63, 3.8) is 0 Å². The zero-order chi connectivity index (χ0) is 13.4. The quantitative estimate of drug-likeness (QED) is 0.806. The Balaban J connectivity index is 2.82. The smallest absolute Gasteiger partial charge is 0.304 e. The molecule has 3 nitrogen and oxygen atoms in total. The number of benzene rings is 1. The summed E-state index contributed by atoms with van der Waals surface area (Å²) in [6, 6.07) is 7.14. The first-order valence-corrected chi connectivity index (χ1v) is 5.47. The molecule has 1 rings (SSSR count). The molecule has 1 unspecified atom stereocenters. The molecule has 1 atom stereocenters. The maximum absolute atomic E-state index is 10.8. The van der Waals surface area contributed by atoms with E-state index in [9.17, 15) is 4.79 Å². The van der Waals surface area contributed by atoms with Crippen LogP contribution in [0, 0.1) is 24.2 Å².